The Hall–Kier alpha value is -3.01. The van der Waals surface area contributed by atoms with E-state index in [9.17, 15) is 23.1 Å². The predicted octanol–water partition coefficient (Wildman–Crippen LogP) is 4.35. The summed E-state index contributed by atoms with van der Waals surface area (Å²) in [6.07, 6.45) is -1.02. The van der Waals surface area contributed by atoms with Crippen molar-refractivity contribution in [2.75, 3.05) is 0 Å². The Morgan fingerprint density at radius 2 is 1.96 bits per heavy atom. The molecule has 0 bridgehead atoms. The summed E-state index contributed by atoms with van der Waals surface area (Å²) in [6, 6.07) is 5.93. The number of hydrogen-bond acceptors (Lipinski definition) is 6. The normalized spacial score (nSPS) is 12.3. The molecule has 0 unspecified atom stereocenters. The lowest BCUT2D eigenvalue weighted by atomic mass is 10.2. The van der Waals surface area contributed by atoms with Gasteiger partial charge in [-0.25, -0.2) is 4.98 Å². The largest absolute Gasteiger partial charge is 0.507 e. The smallest absolute Gasteiger partial charge is 0.416 e. The van der Waals surface area contributed by atoms with E-state index < -0.39 is 17.5 Å². The molecule has 3 rings (SSSR count). The maximum Gasteiger partial charge on any atom is 0.416 e. The number of halogens is 3. The quantitative estimate of drug-likeness (QED) is 0.388. The van der Waals surface area contributed by atoms with Gasteiger partial charge in [-0.15, -0.1) is 0 Å². The SMILES string of the molecule is O=C(C=C(O)c1ccoc1Sc1ccc(C(F)(F)F)cc1)c1ncn[nH]1. The molecule has 0 saturated heterocycles. The van der Waals surface area contributed by atoms with E-state index in [2.05, 4.69) is 15.2 Å². The van der Waals surface area contributed by atoms with Gasteiger partial charge in [0.1, 0.15) is 12.1 Å². The third kappa shape index (κ3) is 3.97. The van der Waals surface area contributed by atoms with Gasteiger partial charge in [0.15, 0.2) is 10.9 Å². The van der Waals surface area contributed by atoms with E-state index >= 15 is 0 Å². The summed E-state index contributed by atoms with van der Waals surface area (Å²) in [5, 5.41) is 16.3. The van der Waals surface area contributed by atoms with Crippen molar-refractivity contribution in [1.82, 2.24) is 15.2 Å². The van der Waals surface area contributed by atoms with Crippen molar-refractivity contribution < 1.29 is 27.5 Å². The van der Waals surface area contributed by atoms with Crippen LogP contribution in [0.15, 0.2) is 63.4 Å². The minimum absolute atomic E-state index is 0.0445. The van der Waals surface area contributed by atoms with Crippen molar-refractivity contribution in [2.45, 2.75) is 16.2 Å². The highest BCUT2D eigenvalue weighted by atomic mass is 32.2. The lowest BCUT2D eigenvalue weighted by Crippen LogP contribution is -2.03. The van der Waals surface area contributed by atoms with E-state index in [0.717, 1.165) is 36.3 Å². The number of nitrogens with zero attached hydrogens (tertiary/aromatic N) is 2. The molecule has 2 aromatic heterocycles. The number of ketones is 1. The van der Waals surface area contributed by atoms with Crippen molar-refractivity contribution in [1.29, 1.82) is 0 Å². The molecule has 0 aliphatic carbocycles. The minimum Gasteiger partial charge on any atom is -0.507 e. The van der Waals surface area contributed by atoms with E-state index in [0.29, 0.717) is 4.90 Å². The predicted molar refractivity (Wildman–Crippen MR) is 85.6 cm³/mol. The molecular formula is C16H10F3N3O3S. The lowest BCUT2D eigenvalue weighted by Gasteiger charge is -2.07. The monoisotopic (exact) mass is 381 g/mol. The summed E-state index contributed by atoms with van der Waals surface area (Å²) in [6.45, 7) is 0. The van der Waals surface area contributed by atoms with Crippen LogP contribution in [0.1, 0.15) is 21.7 Å². The van der Waals surface area contributed by atoms with Gasteiger partial charge in [-0.3, -0.25) is 9.89 Å². The maximum absolute atomic E-state index is 12.6. The van der Waals surface area contributed by atoms with E-state index in [1.54, 1.807) is 0 Å². The van der Waals surface area contributed by atoms with Gasteiger partial charge >= 0.3 is 6.18 Å². The first kappa shape index (κ1) is 17.8. The molecule has 3 aromatic rings. The lowest BCUT2D eigenvalue weighted by molar-refractivity contribution is -0.137. The Kier molecular flexibility index (Phi) is 4.85. The molecule has 0 amide bonds. The van der Waals surface area contributed by atoms with Gasteiger partial charge in [0.25, 0.3) is 0 Å². The molecule has 10 heteroatoms. The van der Waals surface area contributed by atoms with Gasteiger partial charge < -0.3 is 9.52 Å². The summed E-state index contributed by atoms with van der Waals surface area (Å²) in [7, 11) is 0. The summed E-state index contributed by atoms with van der Waals surface area (Å²) in [5.41, 5.74) is -0.537. The molecule has 0 spiro atoms. The summed E-state index contributed by atoms with van der Waals surface area (Å²) in [5.74, 6) is -1.00. The summed E-state index contributed by atoms with van der Waals surface area (Å²) < 4.78 is 43.0. The van der Waals surface area contributed by atoms with Crippen LogP contribution in [-0.4, -0.2) is 26.1 Å². The number of aliphatic hydroxyl groups excluding tert-OH is 1. The second-order valence-corrected chi connectivity index (χ2v) is 6.02. The number of benzene rings is 1. The standard InChI is InChI=1S/C16H10F3N3O3S/c17-16(18,19)9-1-3-10(4-2-9)26-15-11(5-6-25-15)12(23)7-13(24)14-20-8-21-22-14/h1-8,23H,(H,20,21,22). The van der Waals surface area contributed by atoms with E-state index in [4.69, 9.17) is 4.42 Å². The molecule has 0 aliphatic heterocycles. The molecule has 134 valence electrons. The molecule has 26 heavy (non-hydrogen) atoms. The van der Waals surface area contributed by atoms with Crippen LogP contribution in [0.4, 0.5) is 13.2 Å². The Balaban J connectivity index is 1.79. The Morgan fingerprint density at radius 3 is 2.58 bits per heavy atom. The Morgan fingerprint density at radius 1 is 1.23 bits per heavy atom. The van der Waals surface area contributed by atoms with Crippen LogP contribution in [0.25, 0.3) is 5.76 Å². The van der Waals surface area contributed by atoms with Crippen LogP contribution in [-0.2, 0) is 6.18 Å². The van der Waals surface area contributed by atoms with Crippen LogP contribution in [0, 0.1) is 0 Å². The fourth-order valence-electron chi connectivity index (χ4n) is 1.98. The van der Waals surface area contributed by atoms with Crippen molar-refractivity contribution in [2.24, 2.45) is 0 Å². The van der Waals surface area contributed by atoms with E-state index in [1.807, 2.05) is 0 Å². The zero-order chi connectivity index (χ0) is 18.7. The van der Waals surface area contributed by atoms with Gasteiger partial charge in [0.05, 0.1) is 17.4 Å². The number of nitrogens with one attached hydrogen (secondary N) is 1. The third-order valence-corrected chi connectivity index (χ3v) is 4.22. The van der Waals surface area contributed by atoms with Crippen LogP contribution in [0.5, 0.6) is 0 Å². The van der Waals surface area contributed by atoms with Crippen molar-refractivity contribution in [3.05, 3.63) is 65.9 Å². The number of furan rings is 1. The van der Waals surface area contributed by atoms with Gasteiger partial charge in [-0.1, -0.05) is 11.8 Å². The van der Waals surface area contributed by atoms with E-state index in [1.165, 1.54) is 24.5 Å². The molecule has 1 aromatic carbocycles. The highest BCUT2D eigenvalue weighted by molar-refractivity contribution is 7.99. The van der Waals surface area contributed by atoms with Gasteiger partial charge in [0, 0.05) is 11.0 Å². The molecule has 0 aliphatic rings. The van der Waals surface area contributed by atoms with Gasteiger partial charge in [0.2, 0.25) is 5.78 Å². The second kappa shape index (κ2) is 7.08. The first-order valence-electron chi connectivity index (χ1n) is 7.08. The fourth-order valence-corrected chi connectivity index (χ4v) is 2.85. The number of alkyl halides is 3. The van der Waals surface area contributed by atoms with Gasteiger partial charge in [-0.05, 0) is 30.3 Å². The minimum atomic E-state index is -4.42. The highest BCUT2D eigenvalue weighted by Gasteiger charge is 2.30. The fraction of sp³-hybridized carbons (Fsp3) is 0.0625. The number of aromatic amines is 1. The first-order valence-corrected chi connectivity index (χ1v) is 7.89. The topological polar surface area (TPSA) is 92.0 Å². The maximum atomic E-state index is 12.6. The van der Waals surface area contributed by atoms with Crippen LogP contribution < -0.4 is 0 Å². The number of H-pyrrole nitrogens is 1. The number of carbonyl (C=O) groups excluding carboxylic acids is 1. The molecular weight excluding hydrogens is 371 g/mol. The Labute approximate surface area is 148 Å². The zero-order valence-corrected chi connectivity index (χ0v) is 13.6. The third-order valence-electron chi connectivity index (χ3n) is 3.21. The van der Waals surface area contributed by atoms with Crippen molar-refractivity contribution in [3.63, 3.8) is 0 Å². The van der Waals surface area contributed by atoms with Gasteiger partial charge in [-0.2, -0.15) is 18.3 Å². The molecule has 0 fully saturated rings. The molecule has 0 saturated carbocycles. The molecule has 2 N–H and O–H groups in total. The zero-order valence-electron chi connectivity index (χ0n) is 12.8. The summed E-state index contributed by atoms with van der Waals surface area (Å²) in [4.78, 5) is 16.1. The number of aliphatic hydroxyl groups is 1. The van der Waals surface area contributed by atoms with Crippen LogP contribution in [0.2, 0.25) is 0 Å². The summed E-state index contributed by atoms with van der Waals surface area (Å²) >= 11 is 1.01. The molecule has 2 heterocycles. The first-order chi connectivity index (χ1) is 12.3. The van der Waals surface area contributed by atoms with Crippen molar-refractivity contribution in [3.8, 4) is 0 Å². The average molecular weight is 381 g/mol. The number of rotatable bonds is 5. The Bertz CT molecular complexity index is 932. The van der Waals surface area contributed by atoms with Crippen molar-refractivity contribution >= 4 is 23.3 Å². The molecule has 0 atom stereocenters. The number of hydrogen-bond donors (Lipinski definition) is 2. The highest BCUT2D eigenvalue weighted by Crippen LogP contribution is 2.36. The number of aromatic nitrogens is 3. The second-order valence-electron chi connectivity index (χ2n) is 4.97. The van der Waals surface area contributed by atoms with Crippen LogP contribution >= 0.6 is 11.8 Å². The molecule has 6 nitrogen and oxygen atoms in total. The molecule has 0 radical (unpaired) electrons. The average Bonchev–Trinajstić information content (AvgIpc) is 3.26. The number of carbonyl (C=O) groups is 1. The van der Waals surface area contributed by atoms with Crippen LogP contribution in [0.3, 0.4) is 0 Å². The van der Waals surface area contributed by atoms with E-state index in [-0.39, 0.29) is 22.2 Å². The number of allylic oxidation sites excluding steroid dienone is 1.